The van der Waals surface area contributed by atoms with Gasteiger partial charge in [-0.05, 0) is 44.0 Å². The van der Waals surface area contributed by atoms with Crippen LogP contribution in [-0.4, -0.2) is 67.2 Å². The molecule has 8 heteroatoms. The number of urea groups is 1. The quantitative estimate of drug-likeness (QED) is 0.851. The van der Waals surface area contributed by atoms with Gasteiger partial charge in [-0.15, -0.1) is 0 Å². The molecule has 0 spiro atoms. The maximum absolute atomic E-state index is 12.0. The number of carbonyl (C=O) groups excluding carboxylic acids is 3. The second-order valence-electron chi connectivity index (χ2n) is 6.26. The molecule has 1 aliphatic heterocycles. The van der Waals surface area contributed by atoms with Crippen LogP contribution in [0.25, 0.3) is 0 Å². The summed E-state index contributed by atoms with van der Waals surface area (Å²) in [5.41, 5.74) is 2.84. The molecule has 26 heavy (non-hydrogen) atoms. The zero-order valence-electron chi connectivity index (χ0n) is 15.5. The summed E-state index contributed by atoms with van der Waals surface area (Å²) in [5.74, 6) is -0.379. The number of benzene rings is 1. The summed E-state index contributed by atoms with van der Waals surface area (Å²) in [4.78, 5) is 39.1. The first-order valence-corrected chi connectivity index (χ1v) is 8.71. The lowest BCUT2D eigenvalue weighted by Gasteiger charge is -2.33. The Morgan fingerprint density at radius 3 is 2.38 bits per heavy atom. The lowest BCUT2D eigenvalue weighted by Crippen LogP contribution is -2.51. The van der Waals surface area contributed by atoms with Gasteiger partial charge in [0.15, 0.2) is 0 Å². The molecular weight excluding hydrogens is 336 g/mol. The largest absolute Gasteiger partial charge is 0.450 e. The number of aryl methyl sites for hydroxylation is 2. The molecule has 0 aromatic heterocycles. The first-order valence-electron chi connectivity index (χ1n) is 8.71. The number of ether oxygens (including phenoxy) is 1. The van der Waals surface area contributed by atoms with Crippen molar-refractivity contribution in [2.75, 3.05) is 44.6 Å². The molecule has 0 atom stereocenters. The Labute approximate surface area is 153 Å². The van der Waals surface area contributed by atoms with Crippen LogP contribution in [0.4, 0.5) is 15.3 Å². The van der Waals surface area contributed by atoms with Gasteiger partial charge in [-0.1, -0.05) is 6.07 Å². The number of rotatable bonds is 4. The van der Waals surface area contributed by atoms with Crippen molar-refractivity contribution in [2.45, 2.75) is 20.8 Å². The zero-order chi connectivity index (χ0) is 19.1. The normalized spacial score (nSPS) is 14.7. The van der Waals surface area contributed by atoms with Crippen molar-refractivity contribution < 1.29 is 19.1 Å². The van der Waals surface area contributed by atoms with Crippen molar-refractivity contribution in [3.63, 3.8) is 0 Å². The van der Waals surface area contributed by atoms with E-state index in [1.807, 2.05) is 30.9 Å². The van der Waals surface area contributed by atoms with Gasteiger partial charge >= 0.3 is 12.1 Å². The molecule has 142 valence electrons. The number of amides is 4. The number of nitrogens with zero attached hydrogens (tertiary/aromatic N) is 2. The monoisotopic (exact) mass is 362 g/mol. The summed E-state index contributed by atoms with van der Waals surface area (Å²) in [6.07, 6.45) is -0.329. The van der Waals surface area contributed by atoms with E-state index in [-0.39, 0.29) is 18.5 Å². The highest BCUT2D eigenvalue weighted by atomic mass is 16.6. The molecule has 0 aliphatic carbocycles. The molecule has 0 saturated carbocycles. The van der Waals surface area contributed by atoms with E-state index < -0.39 is 6.03 Å². The summed E-state index contributed by atoms with van der Waals surface area (Å²) in [5, 5.41) is 4.98. The summed E-state index contributed by atoms with van der Waals surface area (Å²) < 4.78 is 4.96. The van der Waals surface area contributed by atoms with E-state index in [0.717, 1.165) is 11.1 Å². The van der Waals surface area contributed by atoms with E-state index in [1.54, 1.807) is 17.9 Å². The number of piperazine rings is 1. The number of anilines is 1. The first-order chi connectivity index (χ1) is 12.4. The summed E-state index contributed by atoms with van der Waals surface area (Å²) >= 11 is 0. The molecule has 2 rings (SSSR count). The first kappa shape index (κ1) is 19.7. The summed E-state index contributed by atoms with van der Waals surface area (Å²) in [6.45, 7) is 8.29. The minimum absolute atomic E-state index is 0.108. The fourth-order valence-corrected chi connectivity index (χ4v) is 2.65. The van der Waals surface area contributed by atoms with E-state index in [2.05, 4.69) is 10.6 Å². The van der Waals surface area contributed by atoms with E-state index in [0.29, 0.717) is 38.5 Å². The maximum Gasteiger partial charge on any atom is 0.409 e. The van der Waals surface area contributed by atoms with Gasteiger partial charge in [-0.25, -0.2) is 9.59 Å². The molecule has 1 aliphatic rings. The maximum atomic E-state index is 12.0. The molecule has 1 aromatic carbocycles. The fraction of sp³-hybridized carbons (Fsp3) is 0.500. The number of hydrogen-bond acceptors (Lipinski definition) is 5. The highest BCUT2D eigenvalue weighted by Gasteiger charge is 2.23. The van der Waals surface area contributed by atoms with E-state index in [9.17, 15) is 14.4 Å². The van der Waals surface area contributed by atoms with Gasteiger partial charge in [0, 0.05) is 31.9 Å². The topological polar surface area (TPSA) is 91.0 Å². The Morgan fingerprint density at radius 2 is 1.77 bits per heavy atom. The molecular formula is C18H26N4O4. The van der Waals surface area contributed by atoms with E-state index in [1.165, 1.54) is 0 Å². The number of imide groups is 1. The van der Waals surface area contributed by atoms with Crippen LogP contribution in [0.2, 0.25) is 0 Å². The van der Waals surface area contributed by atoms with Crippen LogP contribution >= 0.6 is 0 Å². The van der Waals surface area contributed by atoms with Gasteiger partial charge in [0.2, 0.25) is 5.91 Å². The zero-order valence-corrected chi connectivity index (χ0v) is 15.5. The Bertz CT molecular complexity index is 669. The average Bonchev–Trinajstić information content (AvgIpc) is 2.59. The minimum Gasteiger partial charge on any atom is -0.450 e. The molecule has 4 amide bonds. The van der Waals surface area contributed by atoms with Crippen LogP contribution in [-0.2, 0) is 9.53 Å². The third-order valence-corrected chi connectivity index (χ3v) is 4.28. The molecule has 0 unspecified atom stereocenters. The van der Waals surface area contributed by atoms with Crippen molar-refractivity contribution in [3.05, 3.63) is 29.3 Å². The van der Waals surface area contributed by atoms with E-state index in [4.69, 9.17) is 4.74 Å². The fourth-order valence-electron chi connectivity index (χ4n) is 2.65. The van der Waals surface area contributed by atoms with Crippen molar-refractivity contribution in [3.8, 4) is 0 Å². The molecule has 2 N–H and O–H groups in total. The van der Waals surface area contributed by atoms with Crippen LogP contribution in [0.5, 0.6) is 0 Å². The van der Waals surface area contributed by atoms with Crippen molar-refractivity contribution in [2.24, 2.45) is 0 Å². The second-order valence-corrected chi connectivity index (χ2v) is 6.26. The van der Waals surface area contributed by atoms with Gasteiger partial charge in [0.05, 0.1) is 13.2 Å². The molecule has 1 aromatic rings. The lowest BCUT2D eigenvalue weighted by atomic mass is 10.1. The number of nitrogens with one attached hydrogen (secondary N) is 2. The number of hydrogen-bond donors (Lipinski definition) is 2. The van der Waals surface area contributed by atoms with Gasteiger partial charge in [-0.3, -0.25) is 15.0 Å². The van der Waals surface area contributed by atoms with Crippen LogP contribution in [0.3, 0.4) is 0 Å². The van der Waals surface area contributed by atoms with Gasteiger partial charge < -0.3 is 15.0 Å². The SMILES string of the molecule is CCOC(=O)N1CCN(CC(=O)NC(=O)Nc2ccc(C)c(C)c2)CC1. The van der Waals surface area contributed by atoms with Crippen LogP contribution in [0.1, 0.15) is 18.1 Å². The van der Waals surface area contributed by atoms with Gasteiger partial charge in [0.25, 0.3) is 0 Å². The van der Waals surface area contributed by atoms with Crippen LogP contribution < -0.4 is 10.6 Å². The molecule has 1 fully saturated rings. The Kier molecular flexibility index (Phi) is 6.97. The van der Waals surface area contributed by atoms with Crippen molar-refractivity contribution in [1.82, 2.24) is 15.1 Å². The van der Waals surface area contributed by atoms with Gasteiger partial charge in [-0.2, -0.15) is 0 Å². The third kappa shape index (κ3) is 5.73. The van der Waals surface area contributed by atoms with Gasteiger partial charge in [0.1, 0.15) is 0 Å². The third-order valence-electron chi connectivity index (χ3n) is 4.28. The highest BCUT2D eigenvalue weighted by molar-refractivity contribution is 6.01. The number of carbonyl (C=O) groups is 3. The Morgan fingerprint density at radius 1 is 1.08 bits per heavy atom. The van der Waals surface area contributed by atoms with E-state index >= 15 is 0 Å². The molecule has 1 saturated heterocycles. The molecule has 0 radical (unpaired) electrons. The van der Waals surface area contributed by atoms with Crippen LogP contribution in [0, 0.1) is 13.8 Å². The molecule has 0 bridgehead atoms. The highest BCUT2D eigenvalue weighted by Crippen LogP contribution is 2.13. The predicted molar refractivity (Wildman–Crippen MR) is 98.1 cm³/mol. The Balaban J connectivity index is 1.74. The standard InChI is InChI=1S/C18H26N4O4/c1-4-26-18(25)22-9-7-21(8-10-22)12-16(23)20-17(24)19-15-6-5-13(2)14(3)11-15/h5-6,11H,4,7-10,12H2,1-3H3,(H2,19,20,23,24). The summed E-state index contributed by atoms with van der Waals surface area (Å²) in [7, 11) is 0. The Hall–Kier alpha value is -2.61. The summed E-state index contributed by atoms with van der Waals surface area (Å²) in [6, 6.07) is 5.01. The average molecular weight is 362 g/mol. The van der Waals surface area contributed by atoms with Crippen LogP contribution in [0.15, 0.2) is 18.2 Å². The minimum atomic E-state index is -0.552. The smallest absolute Gasteiger partial charge is 0.409 e. The lowest BCUT2D eigenvalue weighted by molar-refractivity contribution is -0.121. The predicted octanol–water partition coefficient (Wildman–Crippen LogP) is 1.73. The molecule has 1 heterocycles. The second kappa shape index (κ2) is 9.19. The molecule has 8 nitrogen and oxygen atoms in total. The van der Waals surface area contributed by atoms with Crippen molar-refractivity contribution >= 4 is 23.7 Å². The van der Waals surface area contributed by atoms with Crippen molar-refractivity contribution in [1.29, 1.82) is 0 Å².